The van der Waals surface area contributed by atoms with Crippen molar-refractivity contribution < 1.29 is 21.6 Å². The first-order chi connectivity index (χ1) is 14.2. The van der Waals surface area contributed by atoms with Crippen LogP contribution in [-0.4, -0.2) is 21.5 Å². The zero-order valence-corrected chi connectivity index (χ0v) is 17.3. The molecule has 1 saturated carbocycles. The zero-order valence-electron chi connectivity index (χ0n) is 16.5. The zero-order chi connectivity index (χ0) is 21.4. The van der Waals surface area contributed by atoms with Crippen molar-refractivity contribution in [2.75, 3.05) is 22.7 Å². The molecule has 1 aliphatic carbocycles. The van der Waals surface area contributed by atoms with Gasteiger partial charge in [-0.1, -0.05) is 37.5 Å². The third-order valence-electron chi connectivity index (χ3n) is 6.25. The molecule has 8 heteroatoms. The van der Waals surface area contributed by atoms with Crippen LogP contribution in [-0.2, 0) is 16.2 Å². The van der Waals surface area contributed by atoms with E-state index in [0.717, 1.165) is 31.5 Å². The molecule has 1 unspecified atom stereocenters. The number of sulfonamides is 1. The summed E-state index contributed by atoms with van der Waals surface area (Å²) in [6.45, 7) is 1.46. The number of halogens is 3. The second-order valence-corrected chi connectivity index (χ2v) is 9.87. The van der Waals surface area contributed by atoms with E-state index in [4.69, 9.17) is 0 Å². The van der Waals surface area contributed by atoms with E-state index in [1.165, 1.54) is 37.5 Å². The summed E-state index contributed by atoms with van der Waals surface area (Å²) in [5.74, 6) is 1.17. The van der Waals surface area contributed by atoms with Gasteiger partial charge in [0.15, 0.2) is 0 Å². The number of rotatable bonds is 4. The minimum Gasteiger partial charge on any atom is -0.370 e. The van der Waals surface area contributed by atoms with Crippen LogP contribution in [0.4, 0.5) is 24.5 Å². The molecule has 0 bridgehead atoms. The highest BCUT2D eigenvalue weighted by Gasteiger charge is 2.35. The number of nitrogens with one attached hydrogen (secondary N) is 1. The number of piperidine rings is 1. The molecule has 4 rings (SSSR count). The van der Waals surface area contributed by atoms with Gasteiger partial charge in [-0.2, -0.15) is 13.2 Å². The van der Waals surface area contributed by atoms with Crippen molar-refractivity contribution in [3.05, 3.63) is 54.1 Å². The molecule has 0 spiro atoms. The second kappa shape index (κ2) is 8.13. The number of benzene rings is 2. The van der Waals surface area contributed by atoms with Crippen LogP contribution < -0.4 is 9.62 Å². The van der Waals surface area contributed by atoms with Gasteiger partial charge in [0.05, 0.1) is 21.8 Å². The van der Waals surface area contributed by atoms with Crippen molar-refractivity contribution in [3.63, 3.8) is 0 Å². The number of alkyl halides is 3. The summed E-state index contributed by atoms with van der Waals surface area (Å²) in [7, 11) is -4.00. The molecule has 0 aromatic heterocycles. The third-order valence-corrected chi connectivity index (χ3v) is 7.64. The Hall–Kier alpha value is -2.22. The molecule has 1 saturated heterocycles. The maximum Gasteiger partial charge on any atom is 0.416 e. The Morgan fingerprint density at radius 3 is 2.33 bits per heavy atom. The molecule has 2 atom stereocenters. The highest BCUT2D eigenvalue weighted by molar-refractivity contribution is 7.92. The van der Waals surface area contributed by atoms with Crippen molar-refractivity contribution in [3.8, 4) is 0 Å². The summed E-state index contributed by atoms with van der Waals surface area (Å²) in [5.41, 5.74) is -0.390. The topological polar surface area (TPSA) is 49.4 Å². The van der Waals surface area contributed by atoms with E-state index in [0.29, 0.717) is 24.1 Å². The van der Waals surface area contributed by atoms with Gasteiger partial charge in [-0.3, -0.25) is 4.72 Å². The Morgan fingerprint density at radius 2 is 1.63 bits per heavy atom. The van der Waals surface area contributed by atoms with E-state index in [1.807, 2.05) is 4.90 Å². The molecular weight excluding hydrogens is 413 g/mol. The fraction of sp³-hybridized carbons (Fsp3) is 0.455. The van der Waals surface area contributed by atoms with Gasteiger partial charge in [-0.05, 0) is 55.0 Å². The molecule has 0 radical (unpaired) electrons. The van der Waals surface area contributed by atoms with E-state index < -0.39 is 21.8 Å². The molecule has 2 aliphatic rings. The van der Waals surface area contributed by atoms with Gasteiger partial charge in [0.2, 0.25) is 0 Å². The molecule has 162 valence electrons. The fourth-order valence-corrected chi connectivity index (χ4v) is 5.78. The van der Waals surface area contributed by atoms with Crippen LogP contribution >= 0.6 is 0 Å². The van der Waals surface area contributed by atoms with Crippen LogP contribution in [0, 0.1) is 11.8 Å². The minimum atomic E-state index is -4.55. The van der Waals surface area contributed by atoms with E-state index in [2.05, 4.69) is 4.72 Å². The summed E-state index contributed by atoms with van der Waals surface area (Å²) in [6.07, 6.45) is 1.17. The Kier molecular flexibility index (Phi) is 5.70. The average molecular weight is 439 g/mol. The largest absolute Gasteiger partial charge is 0.416 e. The number of fused-ring (bicyclic) bond motifs is 1. The summed E-state index contributed by atoms with van der Waals surface area (Å²) < 4.78 is 68.0. The number of hydrogen-bond acceptors (Lipinski definition) is 3. The summed E-state index contributed by atoms with van der Waals surface area (Å²) >= 11 is 0. The van der Waals surface area contributed by atoms with Gasteiger partial charge in [-0.15, -0.1) is 0 Å². The van der Waals surface area contributed by atoms with E-state index >= 15 is 0 Å². The number of nitrogens with zero attached hydrogens (tertiary/aromatic N) is 1. The maximum atomic E-state index is 13.3. The highest BCUT2D eigenvalue weighted by Crippen LogP contribution is 2.41. The number of hydrogen-bond donors (Lipinski definition) is 1. The van der Waals surface area contributed by atoms with Crippen LogP contribution in [0.1, 0.15) is 37.7 Å². The van der Waals surface area contributed by atoms with Gasteiger partial charge < -0.3 is 4.90 Å². The molecule has 2 aromatic rings. The first-order valence-electron chi connectivity index (χ1n) is 10.3. The van der Waals surface area contributed by atoms with E-state index in [1.54, 1.807) is 18.2 Å². The van der Waals surface area contributed by atoms with Crippen molar-refractivity contribution in [2.45, 2.75) is 43.2 Å². The average Bonchev–Trinajstić information content (AvgIpc) is 2.73. The number of anilines is 2. The van der Waals surface area contributed by atoms with Gasteiger partial charge in [0, 0.05) is 13.1 Å². The minimum absolute atomic E-state index is 0.0133. The molecule has 1 heterocycles. The second-order valence-electron chi connectivity index (χ2n) is 8.19. The molecule has 2 aromatic carbocycles. The van der Waals surface area contributed by atoms with Crippen LogP contribution in [0.25, 0.3) is 0 Å². The third kappa shape index (κ3) is 4.43. The molecule has 1 N–H and O–H groups in total. The van der Waals surface area contributed by atoms with Crippen molar-refractivity contribution in [2.24, 2.45) is 11.8 Å². The lowest BCUT2D eigenvalue weighted by Gasteiger charge is -2.42. The van der Waals surface area contributed by atoms with E-state index in [9.17, 15) is 21.6 Å². The van der Waals surface area contributed by atoms with Crippen LogP contribution in [0.3, 0.4) is 0 Å². The van der Waals surface area contributed by atoms with Gasteiger partial charge in [0.25, 0.3) is 10.0 Å². The molecule has 0 amide bonds. The van der Waals surface area contributed by atoms with Crippen LogP contribution in [0.15, 0.2) is 53.4 Å². The quantitative estimate of drug-likeness (QED) is 0.684. The summed E-state index contributed by atoms with van der Waals surface area (Å²) in [6, 6.07) is 11.0. The molecule has 1 aliphatic heterocycles. The highest BCUT2D eigenvalue weighted by atomic mass is 32.2. The van der Waals surface area contributed by atoms with Crippen molar-refractivity contribution in [1.82, 2.24) is 0 Å². The Bertz CT molecular complexity index is 993. The predicted molar refractivity (Wildman–Crippen MR) is 111 cm³/mol. The lowest BCUT2D eigenvalue weighted by molar-refractivity contribution is -0.137. The van der Waals surface area contributed by atoms with Gasteiger partial charge in [-0.25, -0.2) is 8.42 Å². The molecule has 4 nitrogen and oxygen atoms in total. The Labute approximate surface area is 175 Å². The van der Waals surface area contributed by atoms with Gasteiger partial charge in [0.1, 0.15) is 0 Å². The first kappa shape index (κ1) is 21.0. The molecule has 30 heavy (non-hydrogen) atoms. The first-order valence-corrected chi connectivity index (χ1v) is 11.8. The smallest absolute Gasteiger partial charge is 0.370 e. The molecule has 2 fully saturated rings. The SMILES string of the molecule is O=S(=O)(Nc1cc(C(F)(F)F)ccc1N1CC[C@@H]2CCCCC2C1)c1ccccc1. The van der Waals surface area contributed by atoms with E-state index in [-0.39, 0.29) is 10.6 Å². The fourth-order valence-electron chi connectivity index (χ4n) is 4.69. The summed E-state index contributed by atoms with van der Waals surface area (Å²) in [4.78, 5) is 2.05. The van der Waals surface area contributed by atoms with Crippen LogP contribution in [0.5, 0.6) is 0 Å². The predicted octanol–water partition coefficient (Wildman–Crippen LogP) is 5.52. The normalized spacial score (nSPS) is 22.4. The molecular formula is C22H25F3N2O2S. The van der Waals surface area contributed by atoms with Crippen molar-refractivity contribution in [1.29, 1.82) is 0 Å². The summed E-state index contributed by atoms with van der Waals surface area (Å²) in [5, 5.41) is 0. The van der Waals surface area contributed by atoms with Crippen LogP contribution in [0.2, 0.25) is 0 Å². The lowest BCUT2D eigenvalue weighted by Crippen LogP contribution is -2.42. The van der Waals surface area contributed by atoms with Crippen molar-refractivity contribution >= 4 is 21.4 Å². The van der Waals surface area contributed by atoms with Gasteiger partial charge >= 0.3 is 6.18 Å². The lowest BCUT2D eigenvalue weighted by atomic mass is 9.75. The Morgan fingerprint density at radius 1 is 0.933 bits per heavy atom. The maximum absolute atomic E-state index is 13.3. The standard InChI is InChI=1S/C22H25F3N2O2S/c23-22(24,25)18-10-11-21(27-13-12-16-6-4-5-7-17(16)15-27)20(14-18)26-30(28,29)19-8-2-1-3-9-19/h1-3,8-11,14,16-17,26H,4-7,12-13,15H2/t16-,17?/m0/s1. The monoisotopic (exact) mass is 438 g/mol. The Balaban J connectivity index is 1.68.